The van der Waals surface area contributed by atoms with E-state index < -0.39 is 6.29 Å². The number of nitrogens with zero attached hydrogens (tertiary/aromatic N) is 1. The maximum Gasteiger partial charge on any atom is 0.586 e. The van der Waals surface area contributed by atoms with Gasteiger partial charge in [0.05, 0.1) is 6.42 Å². The predicted molar refractivity (Wildman–Crippen MR) is 62.2 cm³/mol. The summed E-state index contributed by atoms with van der Waals surface area (Å²) < 4.78 is 34.4. The van der Waals surface area contributed by atoms with E-state index in [1.807, 2.05) is 0 Å². The summed E-state index contributed by atoms with van der Waals surface area (Å²) >= 11 is 0. The number of carbonyl (C=O) groups excluding carboxylic acids is 1. The lowest BCUT2D eigenvalue weighted by atomic mass is 10.1. The molecule has 0 bridgehead atoms. The van der Waals surface area contributed by atoms with Gasteiger partial charge in [0.2, 0.25) is 5.91 Å². The monoisotopic (exact) mass is 269 g/mol. The Morgan fingerprint density at radius 1 is 1.21 bits per heavy atom. The molecule has 1 aromatic carbocycles. The fraction of sp³-hybridized carbons (Fsp3) is 0.462. The number of benzene rings is 1. The third-order valence-electron chi connectivity index (χ3n) is 3.28. The fourth-order valence-corrected chi connectivity index (χ4v) is 2.36. The maximum atomic E-state index is 12.9. The SMILES string of the molecule is O=C(Cc1ccc2c(c1)OC(F)(F)O2)N1CCCC1. The van der Waals surface area contributed by atoms with E-state index >= 15 is 0 Å². The number of halogens is 2. The number of rotatable bonds is 2. The van der Waals surface area contributed by atoms with Crippen LogP contribution in [0.25, 0.3) is 0 Å². The maximum absolute atomic E-state index is 12.9. The second-order valence-corrected chi connectivity index (χ2v) is 4.71. The molecule has 2 aliphatic rings. The third-order valence-corrected chi connectivity index (χ3v) is 3.28. The quantitative estimate of drug-likeness (QED) is 0.826. The van der Waals surface area contributed by atoms with Gasteiger partial charge >= 0.3 is 6.29 Å². The molecule has 4 nitrogen and oxygen atoms in total. The highest BCUT2D eigenvalue weighted by molar-refractivity contribution is 5.79. The number of likely N-dealkylation sites (tertiary alicyclic amines) is 1. The number of hydrogen-bond acceptors (Lipinski definition) is 3. The zero-order valence-corrected chi connectivity index (χ0v) is 10.2. The van der Waals surface area contributed by atoms with Gasteiger partial charge in [0, 0.05) is 13.1 Å². The van der Waals surface area contributed by atoms with Crippen molar-refractivity contribution in [1.29, 1.82) is 0 Å². The van der Waals surface area contributed by atoms with E-state index in [9.17, 15) is 13.6 Å². The van der Waals surface area contributed by atoms with Crippen molar-refractivity contribution in [2.24, 2.45) is 0 Å². The lowest BCUT2D eigenvalue weighted by Gasteiger charge is -2.15. The van der Waals surface area contributed by atoms with Crippen molar-refractivity contribution in [2.75, 3.05) is 13.1 Å². The highest BCUT2D eigenvalue weighted by Crippen LogP contribution is 2.41. The fourth-order valence-electron chi connectivity index (χ4n) is 2.36. The van der Waals surface area contributed by atoms with Crippen LogP contribution in [0, 0.1) is 0 Å². The molecule has 0 N–H and O–H groups in total. The average Bonchev–Trinajstić information content (AvgIpc) is 2.93. The van der Waals surface area contributed by atoms with Crippen molar-refractivity contribution in [3.05, 3.63) is 23.8 Å². The molecule has 0 aliphatic carbocycles. The Kier molecular flexibility index (Phi) is 2.80. The van der Waals surface area contributed by atoms with Gasteiger partial charge in [-0.15, -0.1) is 8.78 Å². The Labute approximate surface area is 108 Å². The van der Waals surface area contributed by atoms with Gasteiger partial charge < -0.3 is 14.4 Å². The third kappa shape index (κ3) is 2.47. The summed E-state index contributed by atoms with van der Waals surface area (Å²) in [5, 5.41) is 0. The van der Waals surface area contributed by atoms with Gasteiger partial charge in [-0.3, -0.25) is 4.79 Å². The van der Waals surface area contributed by atoms with Crippen LogP contribution in [0.3, 0.4) is 0 Å². The molecule has 3 rings (SSSR count). The molecule has 0 spiro atoms. The average molecular weight is 269 g/mol. The molecule has 102 valence electrons. The molecular weight excluding hydrogens is 256 g/mol. The predicted octanol–water partition coefficient (Wildman–Crippen LogP) is 2.17. The lowest BCUT2D eigenvalue weighted by Crippen LogP contribution is -2.29. The summed E-state index contributed by atoms with van der Waals surface area (Å²) in [5.41, 5.74) is 0.650. The molecule has 0 atom stereocenters. The van der Waals surface area contributed by atoms with Crippen molar-refractivity contribution in [3.8, 4) is 11.5 Å². The van der Waals surface area contributed by atoms with Gasteiger partial charge in [-0.25, -0.2) is 0 Å². The minimum atomic E-state index is -3.61. The second-order valence-electron chi connectivity index (χ2n) is 4.71. The van der Waals surface area contributed by atoms with Gasteiger partial charge in [-0.1, -0.05) is 6.07 Å². The van der Waals surface area contributed by atoms with Gasteiger partial charge in [-0.05, 0) is 30.5 Å². The van der Waals surface area contributed by atoms with Gasteiger partial charge in [0.1, 0.15) is 0 Å². The van der Waals surface area contributed by atoms with Crippen molar-refractivity contribution in [2.45, 2.75) is 25.6 Å². The van der Waals surface area contributed by atoms with Gasteiger partial charge in [0.15, 0.2) is 11.5 Å². The topological polar surface area (TPSA) is 38.8 Å². The molecule has 0 radical (unpaired) electrons. The minimum absolute atomic E-state index is 0.00220. The van der Waals surface area contributed by atoms with Crippen LogP contribution in [-0.2, 0) is 11.2 Å². The molecule has 1 fully saturated rings. The summed E-state index contributed by atoms with van der Waals surface area (Å²) in [5.74, 6) is 0.00205. The van der Waals surface area contributed by atoms with Crippen LogP contribution in [0.15, 0.2) is 18.2 Å². The minimum Gasteiger partial charge on any atom is -0.395 e. The van der Waals surface area contributed by atoms with E-state index in [-0.39, 0.29) is 23.8 Å². The molecule has 0 saturated carbocycles. The van der Waals surface area contributed by atoms with E-state index in [0.29, 0.717) is 5.56 Å². The van der Waals surface area contributed by atoms with E-state index in [1.165, 1.54) is 12.1 Å². The van der Waals surface area contributed by atoms with E-state index in [0.717, 1.165) is 25.9 Å². The summed E-state index contributed by atoms with van der Waals surface area (Å²) in [6.45, 7) is 1.56. The Hall–Kier alpha value is -1.85. The Balaban J connectivity index is 1.71. The van der Waals surface area contributed by atoms with Crippen molar-refractivity contribution < 1.29 is 23.0 Å². The molecule has 6 heteroatoms. The molecule has 2 aliphatic heterocycles. The first-order chi connectivity index (χ1) is 9.03. The number of amides is 1. The van der Waals surface area contributed by atoms with Crippen LogP contribution in [0.2, 0.25) is 0 Å². The molecule has 1 amide bonds. The Morgan fingerprint density at radius 2 is 1.89 bits per heavy atom. The molecule has 1 aromatic rings. The summed E-state index contributed by atoms with van der Waals surface area (Å²) in [7, 11) is 0. The molecule has 2 heterocycles. The first-order valence-electron chi connectivity index (χ1n) is 6.20. The molecule has 1 saturated heterocycles. The van der Waals surface area contributed by atoms with E-state index in [2.05, 4.69) is 9.47 Å². The Bertz CT molecular complexity index is 513. The van der Waals surface area contributed by atoms with Crippen LogP contribution >= 0.6 is 0 Å². The second kappa shape index (κ2) is 4.36. The molecule has 0 unspecified atom stereocenters. The summed E-state index contributed by atoms with van der Waals surface area (Å²) in [6.07, 6.45) is -1.36. The van der Waals surface area contributed by atoms with Crippen LogP contribution in [0.5, 0.6) is 11.5 Å². The van der Waals surface area contributed by atoms with Crippen LogP contribution in [-0.4, -0.2) is 30.2 Å². The largest absolute Gasteiger partial charge is 0.586 e. The first kappa shape index (κ1) is 12.2. The van der Waals surface area contributed by atoms with Crippen molar-refractivity contribution >= 4 is 5.91 Å². The van der Waals surface area contributed by atoms with Crippen molar-refractivity contribution in [3.63, 3.8) is 0 Å². The molecule has 19 heavy (non-hydrogen) atoms. The summed E-state index contributed by atoms with van der Waals surface area (Å²) in [6, 6.07) is 4.45. The first-order valence-corrected chi connectivity index (χ1v) is 6.20. The van der Waals surface area contributed by atoms with Crippen molar-refractivity contribution in [1.82, 2.24) is 4.90 Å². The molecule has 0 aromatic heterocycles. The lowest BCUT2D eigenvalue weighted by molar-refractivity contribution is -0.286. The number of hydrogen-bond donors (Lipinski definition) is 0. The zero-order chi connectivity index (χ0) is 13.5. The van der Waals surface area contributed by atoms with Crippen LogP contribution < -0.4 is 9.47 Å². The normalized spacial score (nSPS) is 19.8. The van der Waals surface area contributed by atoms with Gasteiger partial charge in [-0.2, -0.15) is 0 Å². The van der Waals surface area contributed by atoms with Crippen LogP contribution in [0.1, 0.15) is 18.4 Å². The summed E-state index contributed by atoms with van der Waals surface area (Å²) in [4.78, 5) is 13.7. The van der Waals surface area contributed by atoms with E-state index in [1.54, 1.807) is 11.0 Å². The standard InChI is InChI=1S/C13H13F2NO3/c14-13(15)18-10-4-3-9(7-11(10)19-13)8-12(17)16-5-1-2-6-16/h3-4,7H,1-2,5-6,8H2. The highest BCUT2D eigenvalue weighted by atomic mass is 19.3. The zero-order valence-electron chi connectivity index (χ0n) is 10.2. The number of carbonyl (C=O) groups is 1. The van der Waals surface area contributed by atoms with E-state index in [4.69, 9.17) is 0 Å². The highest BCUT2D eigenvalue weighted by Gasteiger charge is 2.43. The van der Waals surface area contributed by atoms with Gasteiger partial charge in [0.25, 0.3) is 0 Å². The van der Waals surface area contributed by atoms with Crippen LogP contribution in [0.4, 0.5) is 8.78 Å². The Morgan fingerprint density at radius 3 is 2.63 bits per heavy atom. The number of fused-ring (bicyclic) bond motifs is 1. The smallest absolute Gasteiger partial charge is 0.395 e. The molecular formula is C13H13F2NO3. The number of alkyl halides is 2. The number of ether oxygens (including phenoxy) is 2.